The Balaban J connectivity index is 1.82. The predicted molar refractivity (Wildman–Crippen MR) is 103 cm³/mol. The van der Waals surface area contributed by atoms with Crippen molar-refractivity contribution in [2.75, 3.05) is 11.9 Å². The van der Waals surface area contributed by atoms with E-state index in [0.29, 0.717) is 17.4 Å². The maximum atomic E-state index is 12.7. The summed E-state index contributed by atoms with van der Waals surface area (Å²) in [5, 5.41) is 3.80. The van der Waals surface area contributed by atoms with E-state index in [0.717, 1.165) is 11.3 Å². The van der Waals surface area contributed by atoms with Gasteiger partial charge < -0.3 is 5.32 Å². The standard InChI is InChI=1S/C20H20ClN3O/c1-14-8-9-17(12-18(14)21)24-11-10-22-19(20(24)25)23-13-15(2)16-6-4-3-5-7-16/h3-12,15H,13H2,1-2H3,(H,22,23)/t15-/m1/s1. The number of aromatic nitrogens is 2. The number of nitrogens with zero attached hydrogens (tertiary/aromatic N) is 2. The molecule has 0 bridgehead atoms. The van der Waals surface area contributed by atoms with Crippen LogP contribution >= 0.6 is 11.6 Å². The Morgan fingerprint density at radius 2 is 1.96 bits per heavy atom. The van der Waals surface area contributed by atoms with Crippen molar-refractivity contribution in [1.82, 2.24) is 9.55 Å². The summed E-state index contributed by atoms with van der Waals surface area (Å²) in [6.45, 7) is 4.67. The number of halogens is 1. The van der Waals surface area contributed by atoms with E-state index in [1.165, 1.54) is 5.56 Å². The van der Waals surface area contributed by atoms with E-state index in [9.17, 15) is 4.79 Å². The van der Waals surface area contributed by atoms with Gasteiger partial charge in [0, 0.05) is 24.0 Å². The van der Waals surface area contributed by atoms with Gasteiger partial charge in [0.05, 0.1) is 5.69 Å². The molecule has 25 heavy (non-hydrogen) atoms. The second-order valence-electron chi connectivity index (χ2n) is 6.08. The number of nitrogens with one attached hydrogen (secondary N) is 1. The Bertz CT molecular complexity index is 922. The van der Waals surface area contributed by atoms with Gasteiger partial charge in [-0.05, 0) is 36.1 Å². The summed E-state index contributed by atoms with van der Waals surface area (Å²) in [6, 6.07) is 15.7. The Morgan fingerprint density at radius 3 is 2.68 bits per heavy atom. The summed E-state index contributed by atoms with van der Waals surface area (Å²) in [6.07, 6.45) is 3.26. The van der Waals surface area contributed by atoms with Crippen LogP contribution < -0.4 is 10.9 Å². The normalized spacial score (nSPS) is 12.0. The molecule has 1 N–H and O–H groups in total. The van der Waals surface area contributed by atoms with Gasteiger partial charge in [-0.3, -0.25) is 9.36 Å². The minimum absolute atomic E-state index is 0.192. The van der Waals surface area contributed by atoms with Gasteiger partial charge in [0.25, 0.3) is 5.56 Å². The SMILES string of the molecule is Cc1ccc(-n2ccnc(NC[C@@H](C)c3ccccc3)c2=O)cc1Cl. The minimum Gasteiger partial charge on any atom is -0.365 e. The first-order valence-corrected chi connectivity index (χ1v) is 8.57. The fourth-order valence-corrected chi connectivity index (χ4v) is 2.79. The zero-order valence-electron chi connectivity index (χ0n) is 14.2. The number of hydrogen-bond donors (Lipinski definition) is 1. The quantitative estimate of drug-likeness (QED) is 0.739. The Morgan fingerprint density at radius 1 is 1.20 bits per heavy atom. The highest BCUT2D eigenvalue weighted by Gasteiger charge is 2.10. The molecule has 0 aliphatic heterocycles. The molecular weight excluding hydrogens is 334 g/mol. The number of aryl methyl sites for hydroxylation is 1. The molecule has 0 saturated heterocycles. The topological polar surface area (TPSA) is 46.9 Å². The molecule has 0 aliphatic rings. The van der Waals surface area contributed by atoms with Gasteiger partial charge in [0.1, 0.15) is 0 Å². The van der Waals surface area contributed by atoms with Crippen molar-refractivity contribution >= 4 is 17.4 Å². The first-order chi connectivity index (χ1) is 12.1. The van der Waals surface area contributed by atoms with Crippen molar-refractivity contribution in [3.05, 3.63) is 87.4 Å². The van der Waals surface area contributed by atoms with E-state index in [1.54, 1.807) is 23.0 Å². The third-order valence-electron chi connectivity index (χ3n) is 4.22. The van der Waals surface area contributed by atoms with Gasteiger partial charge >= 0.3 is 0 Å². The monoisotopic (exact) mass is 353 g/mol. The molecule has 0 saturated carbocycles. The van der Waals surface area contributed by atoms with Gasteiger partial charge in [-0.1, -0.05) is 54.9 Å². The lowest BCUT2D eigenvalue weighted by molar-refractivity contribution is 0.796. The van der Waals surface area contributed by atoms with Crippen LogP contribution in [0.25, 0.3) is 5.69 Å². The smallest absolute Gasteiger partial charge is 0.297 e. The number of hydrogen-bond acceptors (Lipinski definition) is 3. The maximum Gasteiger partial charge on any atom is 0.297 e. The maximum absolute atomic E-state index is 12.7. The summed E-state index contributed by atoms with van der Waals surface area (Å²) in [5.41, 5.74) is 2.73. The third-order valence-corrected chi connectivity index (χ3v) is 4.63. The van der Waals surface area contributed by atoms with Gasteiger partial charge in [0.2, 0.25) is 0 Å². The lowest BCUT2D eigenvalue weighted by Gasteiger charge is -2.14. The molecule has 0 radical (unpaired) electrons. The number of benzene rings is 2. The van der Waals surface area contributed by atoms with Crippen molar-refractivity contribution in [1.29, 1.82) is 0 Å². The fourth-order valence-electron chi connectivity index (χ4n) is 2.62. The third kappa shape index (κ3) is 3.91. The van der Waals surface area contributed by atoms with Crippen LogP contribution in [0.5, 0.6) is 0 Å². The van der Waals surface area contributed by atoms with Crippen LogP contribution in [0.4, 0.5) is 5.82 Å². The summed E-state index contributed by atoms with van der Waals surface area (Å²) >= 11 is 6.18. The second-order valence-corrected chi connectivity index (χ2v) is 6.48. The Labute approximate surface area is 152 Å². The van der Waals surface area contributed by atoms with Gasteiger partial charge in [0.15, 0.2) is 5.82 Å². The summed E-state index contributed by atoms with van der Waals surface area (Å²) in [4.78, 5) is 16.9. The van der Waals surface area contributed by atoms with Crippen molar-refractivity contribution in [3.63, 3.8) is 0 Å². The van der Waals surface area contributed by atoms with E-state index in [1.807, 2.05) is 37.3 Å². The molecule has 0 unspecified atom stereocenters. The van der Waals surface area contributed by atoms with Crippen molar-refractivity contribution < 1.29 is 0 Å². The van der Waals surface area contributed by atoms with E-state index in [-0.39, 0.29) is 11.5 Å². The van der Waals surface area contributed by atoms with E-state index in [4.69, 9.17) is 11.6 Å². The zero-order chi connectivity index (χ0) is 17.8. The van der Waals surface area contributed by atoms with E-state index < -0.39 is 0 Å². The predicted octanol–water partition coefficient (Wildman–Crippen LogP) is 4.41. The first-order valence-electron chi connectivity index (χ1n) is 8.19. The lowest BCUT2D eigenvalue weighted by Crippen LogP contribution is -2.24. The second kappa shape index (κ2) is 7.53. The molecule has 128 valence electrons. The highest BCUT2D eigenvalue weighted by atomic mass is 35.5. The van der Waals surface area contributed by atoms with Crippen LogP contribution in [-0.2, 0) is 0 Å². The number of anilines is 1. The molecule has 2 aromatic carbocycles. The lowest BCUT2D eigenvalue weighted by atomic mass is 10.0. The minimum atomic E-state index is -0.192. The molecular formula is C20H20ClN3O. The van der Waals surface area contributed by atoms with Crippen molar-refractivity contribution in [2.45, 2.75) is 19.8 Å². The summed E-state index contributed by atoms with van der Waals surface area (Å²) in [7, 11) is 0. The molecule has 3 rings (SSSR count). The fraction of sp³-hybridized carbons (Fsp3) is 0.200. The largest absolute Gasteiger partial charge is 0.365 e. The molecule has 3 aromatic rings. The van der Waals surface area contributed by atoms with Crippen molar-refractivity contribution in [2.24, 2.45) is 0 Å². The molecule has 0 aliphatic carbocycles. The molecule has 0 spiro atoms. The average molecular weight is 354 g/mol. The molecule has 4 nitrogen and oxygen atoms in total. The Kier molecular flexibility index (Phi) is 5.19. The number of rotatable bonds is 5. The molecule has 1 heterocycles. The molecule has 5 heteroatoms. The highest BCUT2D eigenvalue weighted by molar-refractivity contribution is 6.31. The van der Waals surface area contributed by atoms with Crippen molar-refractivity contribution in [3.8, 4) is 5.69 Å². The van der Waals surface area contributed by atoms with Crippen LogP contribution in [0, 0.1) is 6.92 Å². The zero-order valence-corrected chi connectivity index (χ0v) is 15.0. The van der Waals surface area contributed by atoms with Gasteiger partial charge in [-0.2, -0.15) is 0 Å². The highest BCUT2D eigenvalue weighted by Crippen LogP contribution is 2.19. The van der Waals surface area contributed by atoms with Crippen LogP contribution in [0.15, 0.2) is 65.7 Å². The summed E-state index contributed by atoms with van der Waals surface area (Å²) < 4.78 is 1.55. The van der Waals surface area contributed by atoms with Crippen LogP contribution in [0.1, 0.15) is 24.0 Å². The van der Waals surface area contributed by atoms with E-state index in [2.05, 4.69) is 29.4 Å². The van der Waals surface area contributed by atoms with Crippen LogP contribution in [-0.4, -0.2) is 16.1 Å². The first kappa shape index (κ1) is 17.2. The van der Waals surface area contributed by atoms with Gasteiger partial charge in [-0.15, -0.1) is 0 Å². The average Bonchev–Trinajstić information content (AvgIpc) is 2.64. The molecule has 0 fully saturated rings. The molecule has 1 atom stereocenters. The molecule has 1 aromatic heterocycles. The molecule has 0 amide bonds. The van der Waals surface area contributed by atoms with Crippen LogP contribution in [0.2, 0.25) is 5.02 Å². The van der Waals surface area contributed by atoms with Crippen LogP contribution in [0.3, 0.4) is 0 Å². The van der Waals surface area contributed by atoms with Gasteiger partial charge in [-0.25, -0.2) is 4.98 Å². The Hall–Kier alpha value is -2.59. The summed E-state index contributed by atoms with van der Waals surface area (Å²) in [5.74, 6) is 0.604. The van der Waals surface area contributed by atoms with E-state index >= 15 is 0 Å².